The zero-order valence-corrected chi connectivity index (χ0v) is 12.1. The van der Waals surface area contributed by atoms with Crippen molar-refractivity contribution >= 4 is 16.6 Å². The first-order valence-corrected chi connectivity index (χ1v) is 6.98. The number of aryl methyl sites for hydroxylation is 2. The zero-order valence-electron chi connectivity index (χ0n) is 12.1. The van der Waals surface area contributed by atoms with Gasteiger partial charge in [-0.2, -0.15) is 4.98 Å². The molecule has 0 fully saturated rings. The summed E-state index contributed by atoms with van der Waals surface area (Å²) in [5, 5.41) is 4.60. The molecule has 0 saturated heterocycles. The quantitative estimate of drug-likeness (QED) is 0.563. The van der Waals surface area contributed by atoms with E-state index in [2.05, 4.69) is 15.1 Å². The van der Waals surface area contributed by atoms with Crippen molar-refractivity contribution in [1.29, 1.82) is 0 Å². The van der Waals surface area contributed by atoms with Crippen LogP contribution in [0.25, 0.3) is 28.1 Å². The van der Waals surface area contributed by atoms with Gasteiger partial charge in [0.15, 0.2) is 11.3 Å². The lowest BCUT2D eigenvalue weighted by atomic mass is 10.2. The molecule has 4 aromatic rings. The van der Waals surface area contributed by atoms with Gasteiger partial charge in [-0.05, 0) is 12.1 Å². The molecule has 4 rings (SSSR count). The molecule has 0 spiro atoms. The van der Waals surface area contributed by atoms with E-state index in [1.54, 1.807) is 24.0 Å². The van der Waals surface area contributed by atoms with E-state index in [4.69, 9.17) is 4.52 Å². The van der Waals surface area contributed by atoms with Crippen molar-refractivity contribution in [3.05, 3.63) is 46.8 Å². The minimum absolute atomic E-state index is 0.0796. The summed E-state index contributed by atoms with van der Waals surface area (Å²) in [6.45, 7) is 1.94. The second kappa shape index (κ2) is 4.52. The van der Waals surface area contributed by atoms with Crippen LogP contribution in [0.5, 0.6) is 0 Å². The van der Waals surface area contributed by atoms with Crippen molar-refractivity contribution in [3.63, 3.8) is 0 Å². The molecule has 0 bridgehead atoms. The minimum atomic E-state index is -0.0796. The Kier molecular flexibility index (Phi) is 2.62. The zero-order chi connectivity index (χ0) is 15.3. The van der Waals surface area contributed by atoms with Crippen molar-refractivity contribution in [1.82, 2.24) is 24.1 Å². The molecule has 0 radical (unpaired) electrons. The normalized spacial score (nSPS) is 11.5. The second-order valence-electron chi connectivity index (χ2n) is 5.03. The third-order valence-electron chi connectivity index (χ3n) is 3.74. The van der Waals surface area contributed by atoms with E-state index in [0.29, 0.717) is 34.9 Å². The van der Waals surface area contributed by atoms with Crippen LogP contribution in [0.3, 0.4) is 0 Å². The Labute approximate surface area is 124 Å². The van der Waals surface area contributed by atoms with Crippen LogP contribution in [0.1, 0.15) is 12.8 Å². The fourth-order valence-electron chi connectivity index (χ4n) is 2.63. The van der Waals surface area contributed by atoms with Crippen molar-refractivity contribution < 1.29 is 4.52 Å². The molecule has 0 atom stereocenters. The highest BCUT2D eigenvalue weighted by Crippen LogP contribution is 2.22. The number of hydrogen-bond acceptors (Lipinski definition) is 5. The van der Waals surface area contributed by atoms with Gasteiger partial charge in [-0.1, -0.05) is 24.2 Å². The molecule has 22 heavy (non-hydrogen) atoms. The van der Waals surface area contributed by atoms with Gasteiger partial charge in [0.1, 0.15) is 6.33 Å². The summed E-state index contributed by atoms with van der Waals surface area (Å²) in [6.07, 6.45) is 2.33. The Morgan fingerprint density at radius 3 is 2.86 bits per heavy atom. The van der Waals surface area contributed by atoms with Gasteiger partial charge in [-0.25, -0.2) is 4.98 Å². The van der Waals surface area contributed by atoms with Gasteiger partial charge in [0.25, 0.3) is 5.56 Å². The van der Waals surface area contributed by atoms with Crippen LogP contribution in [0.15, 0.2) is 39.9 Å². The van der Waals surface area contributed by atoms with E-state index in [-0.39, 0.29) is 5.56 Å². The topological polar surface area (TPSA) is 78.2 Å². The summed E-state index contributed by atoms with van der Waals surface area (Å²) in [4.78, 5) is 21.2. The van der Waals surface area contributed by atoms with Gasteiger partial charge in [0.05, 0.1) is 10.9 Å². The van der Waals surface area contributed by atoms with Gasteiger partial charge in [-0.15, -0.1) is 0 Å². The van der Waals surface area contributed by atoms with Crippen LogP contribution in [0, 0.1) is 0 Å². The van der Waals surface area contributed by atoms with Gasteiger partial charge in [-0.3, -0.25) is 13.8 Å². The summed E-state index contributed by atoms with van der Waals surface area (Å²) in [6, 6.07) is 7.44. The number of imidazole rings is 1. The SMILES string of the molecule is CCc1nc(-c2ncn3c4ccccc4c(=O)n(C)c23)no1. The van der Waals surface area contributed by atoms with Gasteiger partial charge in [0, 0.05) is 13.5 Å². The number of nitrogens with zero attached hydrogens (tertiary/aromatic N) is 5. The van der Waals surface area contributed by atoms with E-state index in [9.17, 15) is 4.79 Å². The monoisotopic (exact) mass is 295 g/mol. The van der Waals surface area contributed by atoms with E-state index >= 15 is 0 Å². The molecule has 0 aliphatic rings. The molecule has 1 aromatic carbocycles. The highest BCUT2D eigenvalue weighted by atomic mass is 16.5. The molecule has 0 N–H and O–H groups in total. The summed E-state index contributed by atoms with van der Waals surface area (Å²) in [5.74, 6) is 0.937. The summed E-state index contributed by atoms with van der Waals surface area (Å²) in [7, 11) is 1.72. The number of fused-ring (bicyclic) bond motifs is 3. The predicted molar refractivity (Wildman–Crippen MR) is 80.6 cm³/mol. The number of benzene rings is 1. The molecule has 0 amide bonds. The lowest BCUT2D eigenvalue weighted by Gasteiger charge is -2.07. The first-order chi connectivity index (χ1) is 10.7. The van der Waals surface area contributed by atoms with Gasteiger partial charge in [0.2, 0.25) is 11.7 Å². The van der Waals surface area contributed by atoms with Crippen LogP contribution < -0.4 is 5.56 Å². The molecule has 3 aromatic heterocycles. The Bertz CT molecular complexity index is 1060. The summed E-state index contributed by atoms with van der Waals surface area (Å²) < 4.78 is 8.58. The highest BCUT2D eigenvalue weighted by molar-refractivity contribution is 5.83. The Morgan fingerprint density at radius 1 is 1.27 bits per heavy atom. The molecule has 0 unspecified atom stereocenters. The van der Waals surface area contributed by atoms with Crippen LogP contribution in [0.2, 0.25) is 0 Å². The molecule has 110 valence electrons. The lowest BCUT2D eigenvalue weighted by Crippen LogP contribution is -2.19. The minimum Gasteiger partial charge on any atom is -0.339 e. The number of hydrogen-bond donors (Lipinski definition) is 0. The smallest absolute Gasteiger partial charge is 0.261 e. The van der Waals surface area contributed by atoms with Crippen molar-refractivity contribution in [2.24, 2.45) is 7.05 Å². The van der Waals surface area contributed by atoms with Crippen LogP contribution >= 0.6 is 0 Å². The Morgan fingerprint density at radius 2 is 2.09 bits per heavy atom. The number of aromatic nitrogens is 5. The maximum absolute atomic E-state index is 12.5. The molecule has 3 heterocycles. The molecular weight excluding hydrogens is 282 g/mol. The summed E-state index contributed by atoms with van der Waals surface area (Å²) >= 11 is 0. The molecule has 0 saturated carbocycles. The van der Waals surface area contributed by atoms with Crippen molar-refractivity contribution in [2.45, 2.75) is 13.3 Å². The molecule has 7 heteroatoms. The number of para-hydroxylation sites is 1. The standard InChI is InChI=1S/C15H13N5O2/c1-3-11-17-13(18-22-11)12-14-19(2)15(21)9-6-4-5-7-10(9)20(14)8-16-12/h4-8H,3H2,1-2H3. The third kappa shape index (κ3) is 1.62. The predicted octanol–water partition coefficient (Wildman–Crippen LogP) is 1.80. The average molecular weight is 295 g/mol. The van der Waals surface area contributed by atoms with E-state index < -0.39 is 0 Å². The third-order valence-corrected chi connectivity index (χ3v) is 3.74. The number of rotatable bonds is 2. The molecule has 7 nitrogen and oxygen atoms in total. The Hall–Kier alpha value is -2.96. The maximum Gasteiger partial charge on any atom is 0.261 e. The largest absolute Gasteiger partial charge is 0.339 e. The molecule has 0 aliphatic carbocycles. The lowest BCUT2D eigenvalue weighted by molar-refractivity contribution is 0.382. The summed E-state index contributed by atoms with van der Waals surface area (Å²) in [5.41, 5.74) is 1.91. The van der Waals surface area contributed by atoms with Gasteiger partial charge < -0.3 is 4.52 Å². The molecular formula is C15H13N5O2. The van der Waals surface area contributed by atoms with Crippen molar-refractivity contribution in [2.75, 3.05) is 0 Å². The first-order valence-electron chi connectivity index (χ1n) is 6.98. The average Bonchev–Trinajstić information content (AvgIpc) is 3.19. The van der Waals surface area contributed by atoms with Gasteiger partial charge >= 0.3 is 0 Å². The van der Waals surface area contributed by atoms with E-state index in [0.717, 1.165) is 5.52 Å². The fourth-order valence-corrected chi connectivity index (χ4v) is 2.63. The second-order valence-corrected chi connectivity index (χ2v) is 5.03. The van der Waals surface area contributed by atoms with Crippen LogP contribution in [0.4, 0.5) is 0 Å². The maximum atomic E-state index is 12.5. The van der Waals surface area contributed by atoms with E-state index in [1.807, 2.05) is 29.5 Å². The highest BCUT2D eigenvalue weighted by Gasteiger charge is 2.18. The first kappa shape index (κ1) is 12.8. The fraction of sp³-hybridized carbons (Fsp3) is 0.200. The van der Waals surface area contributed by atoms with E-state index in [1.165, 1.54) is 0 Å². The van der Waals surface area contributed by atoms with Crippen LogP contribution in [-0.4, -0.2) is 24.1 Å². The van der Waals surface area contributed by atoms with Crippen LogP contribution in [-0.2, 0) is 13.5 Å². The Balaban J connectivity index is 2.13. The molecule has 0 aliphatic heterocycles. The van der Waals surface area contributed by atoms with Crippen molar-refractivity contribution in [3.8, 4) is 11.5 Å².